The van der Waals surface area contributed by atoms with Crippen LogP contribution in [0.3, 0.4) is 0 Å². The van der Waals surface area contributed by atoms with Gasteiger partial charge >= 0.3 is 7.82 Å². The molecule has 316 valence electrons. The number of aliphatic imine (C=N–C) groups is 1. The molecule has 1 saturated heterocycles. The number of ether oxygens (including phenoxy) is 3. The number of nitriles is 1. The Balaban J connectivity index is 1.21. The van der Waals surface area contributed by atoms with Crippen molar-refractivity contribution in [3.05, 3.63) is 48.0 Å². The minimum Gasteiger partial charge on any atom is -0.469 e. The standard InChI is InChI=1S/C40H62N7O9P/c1-3-4-5-6-7-8-9-10-11-12-13-14-15-16-17-18-24-52-26-32(55-35-21-19-20-31(25-41)46-35)27-53-57(50,51)54-29-40(28-43-2)38(49)36(48)37(56-40)33-22-23-34-39(42)44-30-45-47(33)34/h19-23,28,30,32,36-38,48-49H,3-18,24,26-27,29H2,1-2H3,(H,50,51)(H2,42,44,45)/t32?,36-,37-,38-,40+/m0/s1. The molecule has 2 unspecified atom stereocenters. The van der Waals surface area contributed by atoms with Gasteiger partial charge in [-0.3, -0.25) is 14.0 Å². The Morgan fingerprint density at radius 1 is 0.982 bits per heavy atom. The topological polar surface area (TPSA) is 229 Å². The molecule has 0 spiro atoms. The summed E-state index contributed by atoms with van der Waals surface area (Å²) in [4.78, 5) is 22.8. The number of nitrogens with zero attached hydrogens (tertiary/aromatic N) is 6. The maximum absolute atomic E-state index is 13.2. The predicted octanol–water partition coefficient (Wildman–Crippen LogP) is 6.67. The van der Waals surface area contributed by atoms with Crippen LogP contribution in [0.25, 0.3) is 5.52 Å². The maximum atomic E-state index is 13.2. The van der Waals surface area contributed by atoms with Crippen LogP contribution in [0, 0.1) is 11.3 Å². The molecule has 1 aliphatic heterocycles. The van der Waals surface area contributed by atoms with Gasteiger partial charge in [-0.15, -0.1) is 0 Å². The molecule has 1 fully saturated rings. The van der Waals surface area contributed by atoms with Gasteiger partial charge in [-0.05, 0) is 24.6 Å². The second-order valence-electron chi connectivity index (χ2n) is 14.6. The molecule has 4 rings (SSSR count). The van der Waals surface area contributed by atoms with E-state index in [4.69, 9.17) is 29.0 Å². The lowest BCUT2D eigenvalue weighted by atomic mass is 9.96. The highest BCUT2D eigenvalue weighted by Crippen LogP contribution is 2.47. The SMILES string of the molecule is CCCCCCCCCCCCCCCCCCOCC(COP(=O)(O)OC[C@@]1(C=NC)O[C@@H](c2ccc3c(N)ncnn23)[C@H](O)[C@@H]1O)Oc1cccc(C#N)n1. The van der Waals surface area contributed by atoms with E-state index in [2.05, 4.69) is 27.0 Å². The first-order chi connectivity index (χ1) is 27.6. The fourth-order valence-electron chi connectivity index (χ4n) is 6.93. The Hall–Kier alpha value is -3.52. The predicted molar refractivity (Wildman–Crippen MR) is 216 cm³/mol. The molecule has 57 heavy (non-hydrogen) atoms. The van der Waals surface area contributed by atoms with E-state index in [0.717, 1.165) is 19.3 Å². The summed E-state index contributed by atoms with van der Waals surface area (Å²) in [5, 5.41) is 35.7. The van der Waals surface area contributed by atoms with Crippen molar-refractivity contribution in [2.45, 2.75) is 140 Å². The highest BCUT2D eigenvalue weighted by molar-refractivity contribution is 7.47. The first kappa shape index (κ1) is 46.2. The third-order valence-corrected chi connectivity index (χ3v) is 11.0. The maximum Gasteiger partial charge on any atom is 0.472 e. The van der Waals surface area contributed by atoms with Gasteiger partial charge in [0.25, 0.3) is 0 Å². The fraction of sp³-hybridized carbons (Fsp3) is 0.675. The molecule has 0 radical (unpaired) electrons. The van der Waals surface area contributed by atoms with Crippen molar-refractivity contribution in [1.82, 2.24) is 19.6 Å². The van der Waals surface area contributed by atoms with E-state index in [1.54, 1.807) is 24.3 Å². The third kappa shape index (κ3) is 14.7. The van der Waals surface area contributed by atoms with E-state index in [9.17, 15) is 24.9 Å². The minimum atomic E-state index is -4.82. The van der Waals surface area contributed by atoms with Crippen molar-refractivity contribution in [3.63, 3.8) is 0 Å². The summed E-state index contributed by atoms with van der Waals surface area (Å²) < 4.78 is 43.2. The van der Waals surface area contributed by atoms with Crippen LogP contribution in [0.5, 0.6) is 5.88 Å². The summed E-state index contributed by atoms with van der Waals surface area (Å²) in [5.41, 5.74) is 5.07. The van der Waals surface area contributed by atoms with Gasteiger partial charge in [0.2, 0.25) is 5.88 Å². The van der Waals surface area contributed by atoms with Gasteiger partial charge in [0.15, 0.2) is 11.4 Å². The van der Waals surface area contributed by atoms with Crippen LogP contribution >= 0.6 is 7.82 Å². The molecule has 0 saturated carbocycles. The molecular weight excluding hydrogens is 753 g/mol. The highest BCUT2D eigenvalue weighted by Gasteiger charge is 2.55. The lowest BCUT2D eigenvalue weighted by molar-refractivity contribution is -0.0645. The van der Waals surface area contributed by atoms with Crippen molar-refractivity contribution in [2.24, 2.45) is 4.99 Å². The first-order valence-electron chi connectivity index (χ1n) is 20.4. The second-order valence-corrected chi connectivity index (χ2v) is 16.1. The molecule has 1 aliphatic rings. The van der Waals surface area contributed by atoms with Gasteiger partial charge in [-0.25, -0.2) is 19.0 Å². The van der Waals surface area contributed by atoms with E-state index < -0.39 is 51.1 Å². The van der Waals surface area contributed by atoms with Gasteiger partial charge in [0, 0.05) is 25.9 Å². The van der Waals surface area contributed by atoms with Crippen molar-refractivity contribution in [3.8, 4) is 11.9 Å². The fourth-order valence-corrected chi connectivity index (χ4v) is 7.72. The average Bonchev–Trinajstić information content (AvgIpc) is 3.74. The lowest BCUT2D eigenvalue weighted by Crippen LogP contribution is -2.48. The van der Waals surface area contributed by atoms with Crippen molar-refractivity contribution in [1.29, 1.82) is 5.26 Å². The normalized spacial score (nSPS) is 21.2. The van der Waals surface area contributed by atoms with Crippen LogP contribution < -0.4 is 10.5 Å². The molecule has 3 aromatic heterocycles. The molecule has 6 atom stereocenters. The molecule has 16 nitrogen and oxygen atoms in total. The number of rotatable bonds is 29. The van der Waals surface area contributed by atoms with Crippen molar-refractivity contribution < 1.29 is 42.9 Å². The Morgan fingerprint density at radius 3 is 2.26 bits per heavy atom. The molecular formula is C40H62N7O9P. The number of hydrogen-bond acceptors (Lipinski definition) is 14. The van der Waals surface area contributed by atoms with E-state index in [0.29, 0.717) is 17.8 Å². The molecule has 0 amide bonds. The Labute approximate surface area is 336 Å². The number of anilines is 1. The summed E-state index contributed by atoms with van der Waals surface area (Å²) in [6.45, 7) is 1.59. The number of nitrogen functional groups attached to an aromatic ring is 1. The average molecular weight is 816 g/mol. The van der Waals surface area contributed by atoms with E-state index in [1.165, 1.54) is 114 Å². The largest absolute Gasteiger partial charge is 0.472 e. The number of aliphatic hydroxyl groups is 2. The zero-order valence-electron chi connectivity index (χ0n) is 33.5. The summed E-state index contributed by atoms with van der Waals surface area (Å²) in [6.07, 6.45) is 17.6. The van der Waals surface area contributed by atoms with Crippen molar-refractivity contribution in [2.75, 3.05) is 39.2 Å². The second kappa shape index (κ2) is 24.4. The Bertz CT molecular complexity index is 1740. The van der Waals surface area contributed by atoms with E-state index in [-0.39, 0.29) is 24.0 Å². The third-order valence-electron chi connectivity index (χ3n) is 10.1. The number of fused-ring (bicyclic) bond motifs is 1. The van der Waals surface area contributed by atoms with Crippen LogP contribution in [-0.2, 0) is 23.1 Å². The first-order valence-corrected chi connectivity index (χ1v) is 21.9. The van der Waals surface area contributed by atoms with Gasteiger partial charge in [0.1, 0.15) is 48.0 Å². The number of aliphatic hydroxyl groups excluding tert-OH is 2. The molecule has 3 aromatic rings. The van der Waals surface area contributed by atoms with Crippen molar-refractivity contribution >= 4 is 25.4 Å². The van der Waals surface area contributed by atoms with E-state index in [1.807, 2.05) is 6.07 Å². The minimum absolute atomic E-state index is 0.0126. The molecule has 17 heteroatoms. The number of phosphoric ester groups is 1. The van der Waals surface area contributed by atoms with Crippen LogP contribution in [0.1, 0.15) is 127 Å². The van der Waals surface area contributed by atoms with Gasteiger partial charge in [-0.1, -0.05) is 109 Å². The Morgan fingerprint density at radius 2 is 1.63 bits per heavy atom. The quantitative estimate of drug-likeness (QED) is 0.0326. The number of unbranched alkanes of at least 4 members (excludes halogenated alkanes) is 15. The van der Waals surface area contributed by atoms with Gasteiger partial charge in [-0.2, -0.15) is 10.4 Å². The Kier molecular flexibility index (Phi) is 19.8. The number of hydrogen-bond donors (Lipinski definition) is 4. The lowest BCUT2D eigenvalue weighted by Gasteiger charge is -2.28. The molecule has 0 aliphatic carbocycles. The van der Waals surface area contributed by atoms with Crippen LogP contribution in [0.4, 0.5) is 5.82 Å². The van der Waals surface area contributed by atoms with Gasteiger partial charge < -0.3 is 35.1 Å². The molecule has 0 aromatic carbocycles. The molecule has 0 bridgehead atoms. The van der Waals surface area contributed by atoms with Crippen LogP contribution in [-0.4, -0.2) is 98.3 Å². The summed E-state index contributed by atoms with van der Waals surface area (Å²) in [7, 11) is -3.40. The number of phosphoric acid groups is 1. The van der Waals surface area contributed by atoms with Crippen LogP contribution in [0.2, 0.25) is 0 Å². The number of nitrogens with two attached hydrogens (primary N) is 1. The zero-order valence-corrected chi connectivity index (χ0v) is 34.4. The molecule has 4 heterocycles. The molecule has 5 N–H and O–H groups in total. The van der Waals surface area contributed by atoms with E-state index >= 15 is 0 Å². The number of aromatic nitrogens is 4. The zero-order chi connectivity index (χ0) is 40.9. The monoisotopic (exact) mass is 815 g/mol. The van der Waals surface area contributed by atoms with Gasteiger partial charge in [0.05, 0.1) is 25.5 Å². The number of pyridine rings is 1. The summed E-state index contributed by atoms with van der Waals surface area (Å²) >= 11 is 0. The highest BCUT2D eigenvalue weighted by atomic mass is 31.2. The van der Waals surface area contributed by atoms with Crippen LogP contribution in [0.15, 0.2) is 41.7 Å². The summed E-state index contributed by atoms with van der Waals surface area (Å²) in [5.74, 6) is 0.321. The smallest absolute Gasteiger partial charge is 0.469 e. The summed E-state index contributed by atoms with van der Waals surface area (Å²) in [6, 6.07) is 9.91.